The second-order valence-electron chi connectivity index (χ2n) is 5.81. The lowest BCUT2D eigenvalue weighted by atomic mass is 10.1. The third kappa shape index (κ3) is 5.04. The van der Waals surface area contributed by atoms with Gasteiger partial charge in [-0.25, -0.2) is 8.42 Å². The smallest absolute Gasteiger partial charge is 0.261 e. The zero-order valence-electron chi connectivity index (χ0n) is 14.6. The zero-order valence-corrected chi connectivity index (χ0v) is 15.4. The number of hydrogen-bond acceptors (Lipinski definition) is 4. The first-order chi connectivity index (χ1) is 11.8. The third-order valence-electron chi connectivity index (χ3n) is 3.73. The van der Waals surface area contributed by atoms with Gasteiger partial charge in [0.1, 0.15) is 0 Å². The Kier molecular flexibility index (Phi) is 6.17. The Morgan fingerprint density at radius 2 is 1.68 bits per heavy atom. The summed E-state index contributed by atoms with van der Waals surface area (Å²) < 4.78 is 27.7. The molecule has 0 bridgehead atoms. The number of likely N-dealkylation sites (N-methyl/N-ethyl adjacent to an activating group) is 1. The van der Waals surface area contributed by atoms with Crippen molar-refractivity contribution in [2.24, 2.45) is 0 Å². The monoisotopic (exact) mass is 361 g/mol. The number of aryl methyl sites for hydroxylation is 2. The molecule has 1 amide bonds. The Labute approximate surface area is 148 Å². The second-order valence-corrected chi connectivity index (χ2v) is 7.49. The van der Waals surface area contributed by atoms with Crippen LogP contribution in [0.1, 0.15) is 21.5 Å². The molecule has 0 aliphatic heterocycles. The van der Waals surface area contributed by atoms with Crippen LogP contribution < -0.4 is 15.4 Å². The van der Waals surface area contributed by atoms with Gasteiger partial charge in [0.25, 0.3) is 15.9 Å². The first kappa shape index (κ1) is 19.0. The SMILES string of the molecule is CNCCNC(=O)c1cc(S(=O)(=O)Nc2ccc(C)cc2)ccc1C. The number of amides is 1. The van der Waals surface area contributed by atoms with E-state index in [0.29, 0.717) is 24.3 Å². The number of nitrogens with one attached hydrogen (secondary N) is 3. The van der Waals surface area contributed by atoms with Crippen molar-refractivity contribution in [3.8, 4) is 0 Å². The lowest BCUT2D eigenvalue weighted by Gasteiger charge is -2.12. The van der Waals surface area contributed by atoms with Crippen LogP contribution in [0.5, 0.6) is 0 Å². The highest BCUT2D eigenvalue weighted by molar-refractivity contribution is 7.92. The molecule has 0 fully saturated rings. The molecule has 0 unspecified atom stereocenters. The van der Waals surface area contributed by atoms with Crippen LogP contribution in [0.2, 0.25) is 0 Å². The number of rotatable bonds is 7. The highest BCUT2D eigenvalue weighted by Crippen LogP contribution is 2.19. The van der Waals surface area contributed by atoms with E-state index in [4.69, 9.17) is 0 Å². The van der Waals surface area contributed by atoms with E-state index in [1.165, 1.54) is 12.1 Å². The van der Waals surface area contributed by atoms with Gasteiger partial charge in [0, 0.05) is 24.3 Å². The summed E-state index contributed by atoms with van der Waals surface area (Å²) in [6.45, 7) is 4.80. The highest BCUT2D eigenvalue weighted by atomic mass is 32.2. The lowest BCUT2D eigenvalue weighted by molar-refractivity contribution is 0.0953. The van der Waals surface area contributed by atoms with Gasteiger partial charge in [0.15, 0.2) is 0 Å². The Balaban J connectivity index is 2.24. The van der Waals surface area contributed by atoms with Gasteiger partial charge < -0.3 is 10.6 Å². The maximum absolute atomic E-state index is 12.6. The molecule has 2 aromatic carbocycles. The molecule has 0 aromatic heterocycles. The lowest BCUT2D eigenvalue weighted by Crippen LogP contribution is -2.31. The van der Waals surface area contributed by atoms with Crippen LogP contribution in [0.3, 0.4) is 0 Å². The van der Waals surface area contributed by atoms with E-state index in [1.54, 1.807) is 32.2 Å². The fourth-order valence-corrected chi connectivity index (χ4v) is 3.33. The minimum Gasteiger partial charge on any atom is -0.351 e. The molecule has 25 heavy (non-hydrogen) atoms. The molecular weight excluding hydrogens is 338 g/mol. The van der Waals surface area contributed by atoms with Crippen LogP contribution in [0.15, 0.2) is 47.4 Å². The molecule has 0 spiro atoms. The van der Waals surface area contributed by atoms with Crippen molar-refractivity contribution in [2.75, 3.05) is 24.9 Å². The quantitative estimate of drug-likeness (QED) is 0.659. The third-order valence-corrected chi connectivity index (χ3v) is 5.11. The van der Waals surface area contributed by atoms with Crippen LogP contribution in [-0.4, -0.2) is 34.5 Å². The molecule has 0 atom stereocenters. The molecule has 6 nitrogen and oxygen atoms in total. The van der Waals surface area contributed by atoms with Crippen molar-refractivity contribution in [3.63, 3.8) is 0 Å². The summed E-state index contributed by atoms with van der Waals surface area (Å²) in [6.07, 6.45) is 0. The van der Waals surface area contributed by atoms with Crippen LogP contribution in [0.4, 0.5) is 5.69 Å². The predicted molar refractivity (Wildman–Crippen MR) is 99.4 cm³/mol. The second kappa shape index (κ2) is 8.13. The number of anilines is 1. The van der Waals surface area contributed by atoms with Gasteiger partial charge in [-0.15, -0.1) is 0 Å². The van der Waals surface area contributed by atoms with Crippen molar-refractivity contribution in [1.82, 2.24) is 10.6 Å². The summed E-state index contributed by atoms with van der Waals surface area (Å²) >= 11 is 0. The zero-order chi connectivity index (χ0) is 18.4. The van der Waals surface area contributed by atoms with E-state index in [1.807, 2.05) is 19.1 Å². The van der Waals surface area contributed by atoms with Gasteiger partial charge in [0.05, 0.1) is 4.90 Å². The van der Waals surface area contributed by atoms with E-state index in [-0.39, 0.29) is 10.8 Å². The van der Waals surface area contributed by atoms with Gasteiger partial charge in [-0.05, 0) is 50.7 Å². The van der Waals surface area contributed by atoms with Gasteiger partial charge in [-0.3, -0.25) is 9.52 Å². The standard InChI is InChI=1S/C18H23N3O3S/c1-13-4-7-15(8-5-13)21-25(23,24)16-9-6-14(2)17(12-16)18(22)20-11-10-19-3/h4-9,12,19,21H,10-11H2,1-3H3,(H,20,22). The van der Waals surface area contributed by atoms with E-state index < -0.39 is 10.0 Å². The molecule has 7 heteroatoms. The highest BCUT2D eigenvalue weighted by Gasteiger charge is 2.18. The van der Waals surface area contributed by atoms with E-state index in [2.05, 4.69) is 15.4 Å². The maximum Gasteiger partial charge on any atom is 0.261 e. The fraction of sp³-hybridized carbons (Fsp3) is 0.278. The van der Waals surface area contributed by atoms with Crippen molar-refractivity contribution in [1.29, 1.82) is 0 Å². The Morgan fingerprint density at radius 1 is 1.00 bits per heavy atom. The van der Waals surface area contributed by atoms with Gasteiger partial charge in [0.2, 0.25) is 0 Å². The number of carbonyl (C=O) groups excluding carboxylic acids is 1. The maximum atomic E-state index is 12.6. The summed E-state index contributed by atoms with van der Waals surface area (Å²) in [4.78, 5) is 12.3. The van der Waals surface area contributed by atoms with Crippen molar-refractivity contribution >= 4 is 21.6 Å². The normalized spacial score (nSPS) is 11.2. The average Bonchev–Trinajstić information content (AvgIpc) is 2.57. The van der Waals surface area contributed by atoms with Crippen molar-refractivity contribution < 1.29 is 13.2 Å². The molecule has 0 saturated heterocycles. The van der Waals surface area contributed by atoms with E-state index in [9.17, 15) is 13.2 Å². The molecule has 0 aliphatic carbocycles. The fourth-order valence-electron chi connectivity index (χ4n) is 2.24. The van der Waals surface area contributed by atoms with Gasteiger partial charge >= 0.3 is 0 Å². The topological polar surface area (TPSA) is 87.3 Å². The van der Waals surface area contributed by atoms with Crippen molar-refractivity contribution in [2.45, 2.75) is 18.7 Å². The summed E-state index contributed by atoms with van der Waals surface area (Å²) in [7, 11) is -1.97. The first-order valence-electron chi connectivity index (χ1n) is 7.96. The molecule has 2 aromatic rings. The molecule has 0 heterocycles. The van der Waals surface area contributed by atoms with Crippen LogP contribution in [0.25, 0.3) is 0 Å². The molecular formula is C18H23N3O3S. The van der Waals surface area contributed by atoms with Gasteiger partial charge in [-0.2, -0.15) is 0 Å². The summed E-state index contributed by atoms with van der Waals surface area (Å²) in [5.41, 5.74) is 2.59. The van der Waals surface area contributed by atoms with Crippen molar-refractivity contribution in [3.05, 3.63) is 59.2 Å². The number of sulfonamides is 1. The molecule has 134 valence electrons. The average molecular weight is 361 g/mol. The summed E-state index contributed by atoms with van der Waals surface area (Å²) in [5.74, 6) is -0.292. The van der Waals surface area contributed by atoms with E-state index in [0.717, 1.165) is 11.1 Å². The predicted octanol–water partition coefficient (Wildman–Crippen LogP) is 2.05. The summed E-state index contributed by atoms with van der Waals surface area (Å²) in [6, 6.07) is 11.6. The Hall–Kier alpha value is -2.38. The number of benzene rings is 2. The van der Waals surface area contributed by atoms with Gasteiger partial charge in [-0.1, -0.05) is 23.8 Å². The molecule has 0 aliphatic rings. The first-order valence-corrected chi connectivity index (χ1v) is 9.45. The number of carbonyl (C=O) groups is 1. The van der Waals surface area contributed by atoms with E-state index >= 15 is 0 Å². The Bertz CT molecular complexity index is 846. The minimum atomic E-state index is -3.77. The van der Waals surface area contributed by atoms with Crippen LogP contribution >= 0.6 is 0 Å². The molecule has 3 N–H and O–H groups in total. The Morgan fingerprint density at radius 3 is 2.32 bits per heavy atom. The van der Waals surface area contributed by atoms with Crippen LogP contribution in [0, 0.1) is 13.8 Å². The number of hydrogen-bond donors (Lipinski definition) is 3. The molecule has 2 rings (SSSR count). The summed E-state index contributed by atoms with van der Waals surface area (Å²) in [5, 5.41) is 5.69. The largest absolute Gasteiger partial charge is 0.351 e. The minimum absolute atomic E-state index is 0.0532. The molecule has 0 radical (unpaired) electrons. The van der Waals surface area contributed by atoms with Crippen LogP contribution in [-0.2, 0) is 10.0 Å². The molecule has 0 saturated carbocycles.